The highest BCUT2D eigenvalue weighted by Crippen LogP contribution is 2.40. The van der Waals surface area contributed by atoms with Crippen molar-refractivity contribution in [1.82, 2.24) is 10.4 Å². The molecule has 0 unspecified atom stereocenters. The van der Waals surface area contributed by atoms with Crippen molar-refractivity contribution in [3.63, 3.8) is 0 Å². The second kappa shape index (κ2) is 7.00. The van der Waals surface area contributed by atoms with Gasteiger partial charge in [0.1, 0.15) is 0 Å². The van der Waals surface area contributed by atoms with Crippen LogP contribution in [0, 0.1) is 0 Å². The van der Waals surface area contributed by atoms with Gasteiger partial charge in [-0.1, -0.05) is 46.3 Å². The first-order chi connectivity index (χ1) is 12.6. The van der Waals surface area contributed by atoms with Crippen LogP contribution in [0.1, 0.15) is 47.3 Å². The van der Waals surface area contributed by atoms with Crippen LogP contribution >= 0.6 is 15.9 Å². The maximum atomic E-state index is 12.8. The standard InChI is InChI=1S/C21H18BrN3O/c1-13(14-8-10-16(22)11-9-14)24-25-21(26)18-12-20(15-6-7-15)23-19-5-3-2-4-17(18)19/h2-5,8-12,15H,6-7H2,1H3,(H,25,26). The second-order valence-corrected chi connectivity index (χ2v) is 7.45. The minimum atomic E-state index is -0.207. The monoisotopic (exact) mass is 407 g/mol. The molecule has 130 valence electrons. The maximum absolute atomic E-state index is 12.8. The van der Waals surface area contributed by atoms with E-state index in [0.29, 0.717) is 11.5 Å². The number of nitrogens with zero attached hydrogens (tertiary/aromatic N) is 2. The normalized spacial score (nSPS) is 14.5. The van der Waals surface area contributed by atoms with Crippen LogP contribution < -0.4 is 5.43 Å². The topological polar surface area (TPSA) is 54.4 Å². The second-order valence-electron chi connectivity index (χ2n) is 6.53. The van der Waals surface area contributed by atoms with E-state index in [1.807, 2.05) is 61.5 Å². The first-order valence-electron chi connectivity index (χ1n) is 8.62. The average Bonchev–Trinajstić information content (AvgIpc) is 3.51. The van der Waals surface area contributed by atoms with Crippen molar-refractivity contribution >= 4 is 38.5 Å². The molecule has 2 aromatic carbocycles. The molecule has 3 aromatic rings. The van der Waals surface area contributed by atoms with Crippen LogP contribution in [0.25, 0.3) is 10.9 Å². The number of carbonyl (C=O) groups is 1. The smallest absolute Gasteiger partial charge is 0.267 e. The molecule has 0 aliphatic heterocycles. The van der Waals surface area contributed by atoms with Gasteiger partial charge in [-0.3, -0.25) is 9.78 Å². The minimum Gasteiger partial charge on any atom is -0.267 e. The summed E-state index contributed by atoms with van der Waals surface area (Å²) >= 11 is 3.42. The van der Waals surface area contributed by atoms with Crippen molar-refractivity contribution in [2.24, 2.45) is 5.10 Å². The van der Waals surface area contributed by atoms with E-state index >= 15 is 0 Å². The molecule has 0 atom stereocenters. The molecular weight excluding hydrogens is 390 g/mol. The van der Waals surface area contributed by atoms with Gasteiger partial charge in [0, 0.05) is 21.5 Å². The Morgan fingerprint density at radius 3 is 2.62 bits per heavy atom. The van der Waals surface area contributed by atoms with Gasteiger partial charge in [0.15, 0.2) is 0 Å². The summed E-state index contributed by atoms with van der Waals surface area (Å²) in [5, 5.41) is 5.13. The number of rotatable bonds is 4. The molecule has 0 radical (unpaired) electrons. The Kier molecular flexibility index (Phi) is 4.55. The van der Waals surface area contributed by atoms with Crippen LogP contribution in [0.5, 0.6) is 0 Å². The zero-order valence-corrected chi connectivity index (χ0v) is 16.0. The summed E-state index contributed by atoms with van der Waals surface area (Å²) < 4.78 is 1.01. The Balaban J connectivity index is 1.63. The number of carbonyl (C=O) groups excluding carboxylic acids is 1. The SMILES string of the molecule is CC(=NNC(=O)c1cc(C2CC2)nc2ccccc12)c1ccc(Br)cc1. The number of pyridine rings is 1. The summed E-state index contributed by atoms with van der Waals surface area (Å²) in [6, 6.07) is 17.5. The molecule has 1 aliphatic carbocycles. The van der Waals surface area contributed by atoms with Crippen molar-refractivity contribution < 1.29 is 4.79 Å². The molecular formula is C21H18BrN3O. The quantitative estimate of drug-likeness (QED) is 0.486. The molecule has 0 saturated heterocycles. The number of hydrogen-bond acceptors (Lipinski definition) is 3. The molecule has 1 heterocycles. The Morgan fingerprint density at radius 1 is 1.15 bits per heavy atom. The van der Waals surface area contributed by atoms with Gasteiger partial charge in [0.05, 0.1) is 16.8 Å². The number of aromatic nitrogens is 1. The lowest BCUT2D eigenvalue weighted by molar-refractivity contribution is 0.0956. The average molecular weight is 408 g/mol. The summed E-state index contributed by atoms with van der Waals surface area (Å²) in [7, 11) is 0. The van der Waals surface area contributed by atoms with E-state index in [1.54, 1.807) is 0 Å². The molecule has 5 heteroatoms. The molecule has 1 saturated carbocycles. The summed E-state index contributed by atoms with van der Waals surface area (Å²) in [5.41, 5.74) is 6.91. The fourth-order valence-corrected chi connectivity index (χ4v) is 3.19. The molecule has 0 bridgehead atoms. The predicted octanol–water partition coefficient (Wildman–Crippen LogP) is 5.03. The highest BCUT2D eigenvalue weighted by Gasteiger charge is 2.26. The lowest BCUT2D eigenvalue weighted by Crippen LogP contribution is -2.20. The van der Waals surface area contributed by atoms with E-state index in [-0.39, 0.29) is 5.91 Å². The molecule has 1 aromatic heterocycles. The summed E-state index contributed by atoms with van der Waals surface area (Å²) in [5.74, 6) is 0.279. The number of halogens is 1. The van der Waals surface area contributed by atoms with Gasteiger partial charge in [-0.15, -0.1) is 0 Å². The van der Waals surface area contributed by atoms with Gasteiger partial charge in [-0.05, 0) is 49.6 Å². The minimum absolute atomic E-state index is 0.207. The lowest BCUT2D eigenvalue weighted by atomic mass is 10.1. The highest BCUT2D eigenvalue weighted by atomic mass is 79.9. The van der Waals surface area contributed by atoms with E-state index < -0.39 is 0 Å². The molecule has 4 rings (SSSR count). The van der Waals surface area contributed by atoms with E-state index in [9.17, 15) is 4.79 Å². The van der Waals surface area contributed by atoms with Gasteiger partial charge < -0.3 is 0 Å². The molecule has 1 amide bonds. The maximum Gasteiger partial charge on any atom is 0.272 e. The zero-order chi connectivity index (χ0) is 18.1. The van der Waals surface area contributed by atoms with Gasteiger partial charge in [0.25, 0.3) is 5.91 Å². The molecule has 0 spiro atoms. The molecule has 4 nitrogen and oxygen atoms in total. The number of benzene rings is 2. The Hall–Kier alpha value is -2.53. The highest BCUT2D eigenvalue weighted by molar-refractivity contribution is 9.10. The number of fused-ring (bicyclic) bond motifs is 1. The molecule has 1 N–H and O–H groups in total. The summed E-state index contributed by atoms with van der Waals surface area (Å²) in [6.45, 7) is 1.88. The third kappa shape index (κ3) is 3.53. The number of para-hydroxylation sites is 1. The summed E-state index contributed by atoms with van der Waals surface area (Å²) in [6.07, 6.45) is 2.29. The first kappa shape index (κ1) is 16.9. The van der Waals surface area contributed by atoms with Gasteiger partial charge in [-0.25, -0.2) is 5.43 Å². The van der Waals surface area contributed by atoms with Crippen LogP contribution in [0.4, 0.5) is 0 Å². The van der Waals surface area contributed by atoms with Crippen molar-refractivity contribution in [1.29, 1.82) is 0 Å². The predicted molar refractivity (Wildman–Crippen MR) is 108 cm³/mol. The van der Waals surface area contributed by atoms with Crippen LogP contribution in [0.3, 0.4) is 0 Å². The van der Waals surface area contributed by atoms with Crippen LogP contribution in [0.2, 0.25) is 0 Å². The van der Waals surface area contributed by atoms with E-state index in [1.165, 1.54) is 0 Å². The van der Waals surface area contributed by atoms with Gasteiger partial charge in [0.2, 0.25) is 0 Å². The van der Waals surface area contributed by atoms with E-state index in [0.717, 1.165) is 45.2 Å². The van der Waals surface area contributed by atoms with Crippen LogP contribution in [-0.2, 0) is 0 Å². The number of hydrazone groups is 1. The number of amides is 1. The van der Waals surface area contributed by atoms with Crippen molar-refractivity contribution in [3.05, 3.63) is 75.9 Å². The lowest BCUT2D eigenvalue weighted by Gasteiger charge is -2.09. The van der Waals surface area contributed by atoms with Crippen molar-refractivity contribution in [3.8, 4) is 0 Å². The van der Waals surface area contributed by atoms with Gasteiger partial charge >= 0.3 is 0 Å². The zero-order valence-electron chi connectivity index (χ0n) is 14.4. The van der Waals surface area contributed by atoms with Crippen molar-refractivity contribution in [2.75, 3.05) is 0 Å². The third-order valence-corrected chi connectivity index (χ3v) is 5.09. The first-order valence-corrected chi connectivity index (χ1v) is 9.41. The third-order valence-electron chi connectivity index (χ3n) is 4.56. The van der Waals surface area contributed by atoms with Crippen LogP contribution in [-0.4, -0.2) is 16.6 Å². The van der Waals surface area contributed by atoms with E-state index in [2.05, 4.69) is 26.5 Å². The Bertz CT molecular complexity index is 1010. The fraction of sp³-hybridized carbons (Fsp3) is 0.190. The largest absolute Gasteiger partial charge is 0.272 e. The number of hydrogen-bond donors (Lipinski definition) is 1. The molecule has 26 heavy (non-hydrogen) atoms. The van der Waals surface area contributed by atoms with Crippen molar-refractivity contribution in [2.45, 2.75) is 25.7 Å². The summed E-state index contributed by atoms with van der Waals surface area (Å²) in [4.78, 5) is 17.5. The fourth-order valence-electron chi connectivity index (χ4n) is 2.92. The Labute approximate surface area is 160 Å². The molecule has 1 fully saturated rings. The van der Waals surface area contributed by atoms with Gasteiger partial charge in [-0.2, -0.15) is 5.10 Å². The number of nitrogens with one attached hydrogen (secondary N) is 1. The Morgan fingerprint density at radius 2 is 1.88 bits per heavy atom. The van der Waals surface area contributed by atoms with E-state index in [4.69, 9.17) is 4.98 Å². The molecule has 1 aliphatic rings. The van der Waals surface area contributed by atoms with Crippen LogP contribution in [0.15, 0.2) is 64.2 Å².